The lowest BCUT2D eigenvalue weighted by Crippen LogP contribution is -2.56. The maximum atomic E-state index is 13.6. The number of carboxylic acid groups (broad SMARTS) is 1. The van der Waals surface area contributed by atoms with Crippen LogP contribution in [-0.4, -0.2) is 70.5 Å². The molecule has 0 bridgehead atoms. The first-order valence-corrected chi connectivity index (χ1v) is 12.8. The zero-order valence-electron chi connectivity index (χ0n) is 21.7. The molecule has 0 aliphatic carbocycles. The molecule has 41 heavy (non-hydrogen) atoms. The van der Waals surface area contributed by atoms with Gasteiger partial charge >= 0.3 is 24.5 Å². The van der Waals surface area contributed by atoms with E-state index in [-0.39, 0.29) is 25.8 Å². The molecular formula is C27H27F6N3O5. The summed E-state index contributed by atoms with van der Waals surface area (Å²) in [6.45, 7) is 0.0110. The van der Waals surface area contributed by atoms with Gasteiger partial charge in [0.2, 0.25) is 0 Å². The van der Waals surface area contributed by atoms with Crippen LogP contribution < -0.4 is 9.64 Å². The van der Waals surface area contributed by atoms with Crippen molar-refractivity contribution < 1.29 is 50.6 Å². The molecule has 3 amide bonds. The van der Waals surface area contributed by atoms with Crippen LogP contribution in [0.4, 0.5) is 36.8 Å². The van der Waals surface area contributed by atoms with Crippen LogP contribution in [0.5, 0.6) is 5.75 Å². The Morgan fingerprint density at radius 3 is 2.20 bits per heavy atom. The predicted molar refractivity (Wildman–Crippen MR) is 133 cm³/mol. The smallest absolute Gasteiger partial charge is 0.481 e. The van der Waals surface area contributed by atoms with Crippen molar-refractivity contribution in [2.75, 3.05) is 24.5 Å². The lowest BCUT2D eigenvalue weighted by Gasteiger charge is -2.43. The SMILES string of the molecule is O=C(O)Cc1cccc(N2CCC3(CC2)C(=O)N(CCCC(F)(F)F)C(=O)N3Cc2ccc(OC(F)(F)F)cc2)c1. The van der Waals surface area contributed by atoms with Crippen LogP contribution in [0, 0.1) is 0 Å². The fourth-order valence-electron chi connectivity index (χ4n) is 5.27. The lowest BCUT2D eigenvalue weighted by molar-refractivity contribution is -0.274. The standard InChI is InChI=1S/C27H27F6N3O5/c28-26(29,30)9-2-12-35-23(39)25(10-13-34(14-11-25)20-4-1-3-19(15-20)16-22(37)38)36(24(35)40)17-18-5-7-21(8-6-18)41-27(31,32)33/h1,3-8,15H,2,9-14,16-17H2,(H,37,38). The average molecular weight is 588 g/mol. The number of piperidine rings is 1. The first kappa shape index (κ1) is 30.0. The summed E-state index contributed by atoms with van der Waals surface area (Å²) >= 11 is 0. The van der Waals surface area contributed by atoms with Crippen molar-refractivity contribution in [2.24, 2.45) is 0 Å². The number of ether oxygens (including phenoxy) is 1. The van der Waals surface area contributed by atoms with Gasteiger partial charge in [0.15, 0.2) is 0 Å². The number of amides is 3. The fourth-order valence-corrected chi connectivity index (χ4v) is 5.27. The van der Waals surface area contributed by atoms with Crippen LogP contribution in [0.1, 0.15) is 36.8 Å². The van der Waals surface area contributed by atoms with Gasteiger partial charge < -0.3 is 19.6 Å². The van der Waals surface area contributed by atoms with Gasteiger partial charge in [-0.2, -0.15) is 13.2 Å². The molecule has 2 fully saturated rings. The van der Waals surface area contributed by atoms with Gasteiger partial charge in [-0.1, -0.05) is 24.3 Å². The highest BCUT2D eigenvalue weighted by Crippen LogP contribution is 2.40. The van der Waals surface area contributed by atoms with Crippen LogP contribution in [0.2, 0.25) is 0 Å². The zero-order valence-corrected chi connectivity index (χ0v) is 21.7. The number of carbonyl (C=O) groups is 3. The van der Waals surface area contributed by atoms with E-state index in [9.17, 15) is 40.7 Å². The monoisotopic (exact) mass is 587 g/mol. The number of carboxylic acids is 1. The topological polar surface area (TPSA) is 90.4 Å². The Bertz CT molecular complexity index is 1270. The summed E-state index contributed by atoms with van der Waals surface area (Å²) in [6.07, 6.45) is -10.9. The molecule has 4 rings (SSSR count). The number of urea groups is 1. The molecule has 2 aromatic carbocycles. The number of benzene rings is 2. The van der Waals surface area contributed by atoms with E-state index in [4.69, 9.17) is 5.11 Å². The molecule has 0 saturated carbocycles. The number of hydrogen-bond acceptors (Lipinski definition) is 5. The van der Waals surface area contributed by atoms with Crippen molar-refractivity contribution in [2.45, 2.75) is 56.7 Å². The van der Waals surface area contributed by atoms with E-state index in [1.54, 1.807) is 24.3 Å². The van der Waals surface area contributed by atoms with Gasteiger partial charge in [0.25, 0.3) is 5.91 Å². The third kappa shape index (κ3) is 7.22. The van der Waals surface area contributed by atoms with Crippen LogP contribution in [0.25, 0.3) is 0 Å². The van der Waals surface area contributed by atoms with E-state index in [1.807, 2.05) is 4.90 Å². The Hall–Kier alpha value is -3.97. The van der Waals surface area contributed by atoms with Crippen molar-refractivity contribution in [3.63, 3.8) is 0 Å². The summed E-state index contributed by atoms with van der Waals surface area (Å²) in [6, 6.07) is 10.9. The molecule has 2 aliphatic heterocycles. The molecule has 0 radical (unpaired) electrons. The number of anilines is 1. The molecule has 0 unspecified atom stereocenters. The molecule has 2 saturated heterocycles. The quantitative estimate of drug-likeness (QED) is 0.314. The van der Waals surface area contributed by atoms with Gasteiger partial charge in [0, 0.05) is 38.3 Å². The second-order valence-corrected chi connectivity index (χ2v) is 10.00. The highest BCUT2D eigenvalue weighted by atomic mass is 19.4. The highest BCUT2D eigenvalue weighted by Gasteiger charge is 2.57. The normalized spacial score (nSPS) is 17.5. The van der Waals surface area contributed by atoms with Crippen LogP contribution in [0.15, 0.2) is 48.5 Å². The molecular weight excluding hydrogens is 560 g/mol. The fraction of sp³-hybridized carbons (Fsp3) is 0.444. The number of rotatable bonds is 9. The van der Waals surface area contributed by atoms with Crippen molar-refractivity contribution in [3.05, 3.63) is 59.7 Å². The summed E-state index contributed by atoms with van der Waals surface area (Å²) in [5.74, 6) is -2.07. The summed E-state index contributed by atoms with van der Waals surface area (Å²) < 4.78 is 79.7. The Morgan fingerprint density at radius 1 is 0.951 bits per heavy atom. The van der Waals surface area contributed by atoms with Gasteiger partial charge in [-0.05, 0) is 54.7 Å². The van der Waals surface area contributed by atoms with Gasteiger partial charge in [-0.15, -0.1) is 13.2 Å². The maximum Gasteiger partial charge on any atom is 0.573 e. The summed E-state index contributed by atoms with van der Waals surface area (Å²) in [5.41, 5.74) is 0.356. The van der Waals surface area contributed by atoms with Gasteiger partial charge in [0.1, 0.15) is 11.3 Å². The first-order chi connectivity index (χ1) is 19.2. The predicted octanol–water partition coefficient (Wildman–Crippen LogP) is 5.36. The summed E-state index contributed by atoms with van der Waals surface area (Å²) in [7, 11) is 0. The van der Waals surface area contributed by atoms with Crippen LogP contribution >= 0.6 is 0 Å². The van der Waals surface area contributed by atoms with Gasteiger partial charge in [-0.3, -0.25) is 14.5 Å². The zero-order chi connectivity index (χ0) is 30.0. The average Bonchev–Trinajstić information content (AvgIpc) is 3.05. The maximum absolute atomic E-state index is 13.6. The van der Waals surface area contributed by atoms with E-state index in [0.29, 0.717) is 24.2 Å². The largest absolute Gasteiger partial charge is 0.573 e. The third-order valence-electron chi connectivity index (χ3n) is 7.18. The summed E-state index contributed by atoms with van der Waals surface area (Å²) in [4.78, 5) is 42.2. The number of nitrogens with zero attached hydrogens (tertiary/aromatic N) is 3. The summed E-state index contributed by atoms with van der Waals surface area (Å²) in [5, 5.41) is 9.10. The van der Waals surface area contributed by atoms with E-state index < -0.39 is 61.1 Å². The Morgan fingerprint density at radius 2 is 1.61 bits per heavy atom. The number of hydrogen-bond donors (Lipinski definition) is 1. The Balaban J connectivity index is 1.55. The first-order valence-electron chi connectivity index (χ1n) is 12.8. The minimum absolute atomic E-state index is 0.145. The minimum Gasteiger partial charge on any atom is -0.481 e. The number of imide groups is 1. The molecule has 0 aromatic heterocycles. The number of halogens is 6. The van der Waals surface area contributed by atoms with E-state index >= 15 is 0 Å². The van der Waals surface area contributed by atoms with E-state index in [2.05, 4.69) is 4.74 Å². The van der Waals surface area contributed by atoms with E-state index in [1.165, 1.54) is 17.0 Å². The number of alkyl halides is 6. The number of aliphatic carboxylic acids is 1. The van der Waals surface area contributed by atoms with Crippen LogP contribution in [0.3, 0.4) is 0 Å². The second kappa shape index (κ2) is 11.5. The van der Waals surface area contributed by atoms with Crippen molar-refractivity contribution in [1.29, 1.82) is 0 Å². The molecule has 2 heterocycles. The molecule has 0 atom stereocenters. The highest BCUT2D eigenvalue weighted by molar-refractivity contribution is 6.07. The van der Waals surface area contributed by atoms with Gasteiger partial charge in [-0.25, -0.2) is 4.79 Å². The van der Waals surface area contributed by atoms with Crippen molar-refractivity contribution in [3.8, 4) is 5.75 Å². The lowest BCUT2D eigenvalue weighted by atomic mass is 9.85. The van der Waals surface area contributed by atoms with Crippen LogP contribution in [-0.2, 0) is 22.6 Å². The third-order valence-corrected chi connectivity index (χ3v) is 7.18. The molecule has 1 N–H and O–H groups in total. The Labute approximate surface area is 231 Å². The molecule has 222 valence electrons. The molecule has 14 heteroatoms. The van der Waals surface area contributed by atoms with Crippen molar-refractivity contribution >= 4 is 23.6 Å². The Kier molecular flexibility index (Phi) is 8.41. The molecule has 8 nitrogen and oxygen atoms in total. The molecule has 2 aromatic rings. The molecule has 1 spiro atoms. The van der Waals surface area contributed by atoms with E-state index in [0.717, 1.165) is 22.7 Å². The minimum atomic E-state index is -4.89. The van der Waals surface area contributed by atoms with Crippen molar-refractivity contribution in [1.82, 2.24) is 9.80 Å². The van der Waals surface area contributed by atoms with Gasteiger partial charge in [0.05, 0.1) is 6.42 Å². The second-order valence-electron chi connectivity index (χ2n) is 10.00. The number of carbonyl (C=O) groups excluding carboxylic acids is 2. The molecule has 2 aliphatic rings.